The largest absolute Gasteiger partial charge is 0.377 e. The Morgan fingerprint density at radius 1 is 1.36 bits per heavy atom. The van der Waals surface area contributed by atoms with Gasteiger partial charge in [-0.3, -0.25) is 9.47 Å². The number of ether oxygens (including phenoxy) is 1. The summed E-state index contributed by atoms with van der Waals surface area (Å²) in [6.07, 6.45) is 3.52. The fourth-order valence-corrected chi connectivity index (χ4v) is 3.03. The number of alkyl halides is 2. The summed E-state index contributed by atoms with van der Waals surface area (Å²) in [7, 11) is 1.92. The van der Waals surface area contributed by atoms with Gasteiger partial charge in [0.2, 0.25) is 0 Å². The highest BCUT2D eigenvalue weighted by Crippen LogP contribution is 2.24. The number of hydrogen-bond donors (Lipinski definition) is 0. The number of para-hydroxylation sites is 2. The van der Waals surface area contributed by atoms with E-state index in [0.717, 1.165) is 30.6 Å². The maximum Gasteiger partial charge on any atom is 0.320 e. The molecule has 4 nitrogen and oxygen atoms in total. The number of nitrogens with zero attached hydrogens (tertiary/aromatic N) is 3. The Bertz CT molecular complexity index is 623. The Hall–Kier alpha value is -1.53. The molecule has 1 aromatic heterocycles. The molecule has 6 heteroatoms. The van der Waals surface area contributed by atoms with E-state index < -0.39 is 6.55 Å². The van der Waals surface area contributed by atoms with Gasteiger partial charge in [0.1, 0.15) is 5.82 Å². The highest BCUT2D eigenvalue weighted by Gasteiger charge is 2.21. The van der Waals surface area contributed by atoms with Crippen LogP contribution in [0.1, 0.15) is 31.6 Å². The van der Waals surface area contributed by atoms with Crippen molar-refractivity contribution in [2.24, 2.45) is 0 Å². The maximum absolute atomic E-state index is 13.4. The summed E-state index contributed by atoms with van der Waals surface area (Å²) in [5.74, 6) is 0.398. The third-order valence-electron chi connectivity index (χ3n) is 4.06. The molecule has 22 heavy (non-hydrogen) atoms. The van der Waals surface area contributed by atoms with Crippen molar-refractivity contribution < 1.29 is 13.5 Å². The summed E-state index contributed by atoms with van der Waals surface area (Å²) < 4.78 is 33.5. The Labute approximate surface area is 128 Å². The van der Waals surface area contributed by atoms with E-state index in [9.17, 15) is 8.78 Å². The van der Waals surface area contributed by atoms with Crippen molar-refractivity contribution in [1.82, 2.24) is 14.5 Å². The third-order valence-corrected chi connectivity index (χ3v) is 4.06. The number of aromatic nitrogens is 2. The van der Waals surface area contributed by atoms with Gasteiger partial charge >= 0.3 is 6.55 Å². The summed E-state index contributed by atoms with van der Waals surface area (Å²) in [6.45, 7) is -0.652. The first kappa shape index (κ1) is 15.4. The molecule has 0 unspecified atom stereocenters. The second-order valence-corrected chi connectivity index (χ2v) is 5.85. The number of benzene rings is 1. The summed E-state index contributed by atoms with van der Waals surface area (Å²) in [6, 6.07) is 7.02. The minimum absolute atomic E-state index is 0.197. The average Bonchev–Trinajstić information content (AvgIpc) is 2.85. The first-order valence-corrected chi connectivity index (χ1v) is 7.69. The van der Waals surface area contributed by atoms with E-state index in [1.807, 2.05) is 18.0 Å². The topological polar surface area (TPSA) is 30.3 Å². The Morgan fingerprint density at radius 3 is 2.91 bits per heavy atom. The molecular weight excluding hydrogens is 288 g/mol. The Kier molecular flexibility index (Phi) is 4.69. The van der Waals surface area contributed by atoms with Gasteiger partial charge in [0.15, 0.2) is 0 Å². The Morgan fingerprint density at radius 2 is 2.18 bits per heavy atom. The van der Waals surface area contributed by atoms with Crippen molar-refractivity contribution in [3.05, 3.63) is 30.1 Å². The standard InChI is InChI=1S/C16H21F2N3O/c1-20(10-12-6-4-5-9-22-12)11-15-19-13-7-2-3-8-14(13)21(15)16(17)18/h2-3,7-8,12,16H,4-6,9-11H2,1H3/t12-/m1/s1. The van der Waals surface area contributed by atoms with Crippen LogP contribution in [0.4, 0.5) is 8.78 Å². The molecule has 0 saturated carbocycles. The SMILES string of the molecule is CN(Cc1nc2ccccc2n1C(F)F)C[C@H]1CCCCO1. The molecule has 2 heterocycles. The van der Waals surface area contributed by atoms with Crippen LogP contribution < -0.4 is 0 Å². The quantitative estimate of drug-likeness (QED) is 0.847. The van der Waals surface area contributed by atoms with E-state index in [1.54, 1.807) is 18.2 Å². The van der Waals surface area contributed by atoms with Crippen molar-refractivity contribution in [3.63, 3.8) is 0 Å². The highest BCUT2D eigenvalue weighted by molar-refractivity contribution is 5.75. The number of hydrogen-bond acceptors (Lipinski definition) is 3. The predicted octanol–water partition coefficient (Wildman–Crippen LogP) is 3.43. The van der Waals surface area contributed by atoms with Crippen LogP contribution in [0.2, 0.25) is 0 Å². The molecule has 1 fully saturated rings. The van der Waals surface area contributed by atoms with Crippen LogP contribution in [0.15, 0.2) is 24.3 Å². The fourth-order valence-electron chi connectivity index (χ4n) is 3.03. The predicted molar refractivity (Wildman–Crippen MR) is 80.9 cm³/mol. The normalized spacial score (nSPS) is 19.4. The average molecular weight is 309 g/mol. The molecule has 1 atom stereocenters. The molecule has 1 aromatic carbocycles. The van der Waals surface area contributed by atoms with E-state index in [2.05, 4.69) is 4.98 Å². The van der Waals surface area contributed by atoms with Gasteiger partial charge < -0.3 is 4.74 Å². The second kappa shape index (κ2) is 6.71. The number of rotatable bonds is 5. The second-order valence-electron chi connectivity index (χ2n) is 5.85. The van der Waals surface area contributed by atoms with Crippen LogP contribution in [0.3, 0.4) is 0 Å². The molecule has 120 valence electrons. The van der Waals surface area contributed by atoms with Crippen LogP contribution in [-0.2, 0) is 11.3 Å². The highest BCUT2D eigenvalue weighted by atomic mass is 19.3. The molecule has 2 aromatic rings. The first-order chi connectivity index (χ1) is 10.6. The van der Waals surface area contributed by atoms with E-state index in [-0.39, 0.29) is 6.10 Å². The van der Waals surface area contributed by atoms with Crippen LogP contribution in [0.25, 0.3) is 11.0 Å². The van der Waals surface area contributed by atoms with Crippen molar-refractivity contribution in [2.45, 2.75) is 38.5 Å². The molecule has 1 aliphatic rings. The molecular formula is C16H21F2N3O. The molecule has 0 aliphatic carbocycles. The Balaban J connectivity index is 1.76. The summed E-state index contributed by atoms with van der Waals surface area (Å²) in [5, 5.41) is 0. The molecule has 1 saturated heterocycles. The van der Waals surface area contributed by atoms with Crippen LogP contribution in [0, 0.1) is 0 Å². The van der Waals surface area contributed by atoms with Gasteiger partial charge in [0.05, 0.1) is 23.7 Å². The summed E-state index contributed by atoms with van der Waals surface area (Å²) in [5.41, 5.74) is 1.09. The number of imidazole rings is 1. The summed E-state index contributed by atoms with van der Waals surface area (Å²) in [4.78, 5) is 6.38. The number of fused-ring (bicyclic) bond motifs is 1. The van der Waals surface area contributed by atoms with Gasteiger partial charge in [-0.15, -0.1) is 0 Å². The van der Waals surface area contributed by atoms with E-state index in [4.69, 9.17) is 4.74 Å². The zero-order valence-electron chi connectivity index (χ0n) is 12.7. The first-order valence-electron chi connectivity index (χ1n) is 7.69. The smallest absolute Gasteiger partial charge is 0.320 e. The molecule has 3 rings (SSSR count). The van der Waals surface area contributed by atoms with Crippen molar-refractivity contribution >= 4 is 11.0 Å². The van der Waals surface area contributed by atoms with Crippen LogP contribution >= 0.6 is 0 Å². The molecule has 0 radical (unpaired) electrons. The molecule has 0 spiro atoms. The lowest BCUT2D eigenvalue weighted by molar-refractivity contribution is -0.00378. The number of likely N-dealkylation sites (N-methyl/N-ethyl adjacent to an activating group) is 1. The van der Waals surface area contributed by atoms with Gasteiger partial charge in [0, 0.05) is 13.2 Å². The molecule has 0 bridgehead atoms. The van der Waals surface area contributed by atoms with Gasteiger partial charge in [-0.2, -0.15) is 8.78 Å². The van der Waals surface area contributed by atoms with Crippen molar-refractivity contribution in [2.75, 3.05) is 20.2 Å². The molecule has 0 N–H and O–H groups in total. The minimum Gasteiger partial charge on any atom is -0.377 e. The lowest BCUT2D eigenvalue weighted by Gasteiger charge is -2.27. The minimum atomic E-state index is -2.58. The van der Waals surface area contributed by atoms with E-state index in [1.165, 1.54) is 6.42 Å². The lowest BCUT2D eigenvalue weighted by atomic mass is 10.1. The van der Waals surface area contributed by atoms with E-state index in [0.29, 0.717) is 23.4 Å². The van der Waals surface area contributed by atoms with Gasteiger partial charge in [-0.25, -0.2) is 4.98 Å². The zero-order valence-corrected chi connectivity index (χ0v) is 12.7. The lowest BCUT2D eigenvalue weighted by Crippen LogP contribution is -2.33. The van der Waals surface area contributed by atoms with Gasteiger partial charge in [0.25, 0.3) is 0 Å². The monoisotopic (exact) mass is 309 g/mol. The maximum atomic E-state index is 13.4. The van der Waals surface area contributed by atoms with Crippen molar-refractivity contribution in [3.8, 4) is 0 Å². The summed E-state index contributed by atoms with van der Waals surface area (Å²) >= 11 is 0. The zero-order chi connectivity index (χ0) is 15.5. The molecule has 1 aliphatic heterocycles. The van der Waals surface area contributed by atoms with Crippen molar-refractivity contribution in [1.29, 1.82) is 0 Å². The van der Waals surface area contributed by atoms with Gasteiger partial charge in [-0.05, 0) is 38.4 Å². The van der Waals surface area contributed by atoms with Crippen LogP contribution in [-0.4, -0.2) is 40.8 Å². The fraction of sp³-hybridized carbons (Fsp3) is 0.562. The van der Waals surface area contributed by atoms with E-state index >= 15 is 0 Å². The third kappa shape index (κ3) is 3.28. The van der Waals surface area contributed by atoms with Gasteiger partial charge in [-0.1, -0.05) is 12.1 Å². The molecule has 0 amide bonds. The van der Waals surface area contributed by atoms with Crippen LogP contribution in [0.5, 0.6) is 0 Å². The number of halogens is 2.